The number of carbonyl (C=O) groups is 1. The van der Waals surface area contributed by atoms with Crippen molar-refractivity contribution in [2.45, 2.75) is 44.2 Å². The molecule has 1 amide bonds. The van der Waals surface area contributed by atoms with Gasteiger partial charge in [-0.15, -0.1) is 0 Å². The van der Waals surface area contributed by atoms with E-state index in [0.29, 0.717) is 6.54 Å². The van der Waals surface area contributed by atoms with Crippen LogP contribution in [0.2, 0.25) is 0 Å². The van der Waals surface area contributed by atoms with Crippen LogP contribution in [0.25, 0.3) is 0 Å². The summed E-state index contributed by atoms with van der Waals surface area (Å²) < 4.78 is 7.26. The first-order valence-electron chi connectivity index (χ1n) is 6.69. The lowest BCUT2D eigenvalue weighted by Crippen LogP contribution is -2.57. The van der Waals surface area contributed by atoms with Gasteiger partial charge in [-0.2, -0.15) is 0 Å². The summed E-state index contributed by atoms with van der Waals surface area (Å²) in [6.45, 7) is 0.315. The lowest BCUT2D eigenvalue weighted by molar-refractivity contribution is -0.132. The maximum atomic E-state index is 12.6. The van der Waals surface area contributed by atoms with Gasteiger partial charge in [0.1, 0.15) is 0 Å². The highest BCUT2D eigenvalue weighted by atomic mass is 16.5. The fraction of sp³-hybridized carbons (Fsp3) is 0.538. The summed E-state index contributed by atoms with van der Waals surface area (Å²) in [6, 6.07) is 0.114. The van der Waals surface area contributed by atoms with Crippen molar-refractivity contribution in [2.75, 3.05) is 0 Å². The summed E-state index contributed by atoms with van der Waals surface area (Å²) in [7, 11) is 0. The molecule has 7 nitrogen and oxygen atoms in total. The Labute approximate surface area is 114 Å². The van der Waals surface area contributed by atoms with Gasteiger partial charge in [0.15, 0.2) is 23.4 Å². The van der Waals surface area contributed by atoms with Crippen molar-refractivity contribution in [1.82, 2.24) is 9.47 Å². The number of amides is 1. The largest absolute Gasteiger partial charge is 0.503 e. The van der Waals surface area contributed by atoms with Crippen LogP contribution >= 0.6 is 0 Å². The quantitative estimate of drug-likeness (QED) is 0.696. The molecule has 2 aliphatic heterocycles. The molecule has 1 saturated carbocycles. The summed E-state index contributed by atoms with van der Waals surface area (Å²) >= 11 is 0. The number of ether oxygens (including phenoxy) is 1. The Morgan fingerprint density at radius 1 is 1.25 bits per heavy atom. The van der Waals surface area contributed by atoms with Gasteiger partial charge in [-0.1, -0.05) is 0 Å². The summed E-state index contributed by atoms with van der Waals surface area (Å²) in [5, 5.41) is 19.4. The van der Waals surface area contributed by atoms with Crippen LogP contribution in [0.1, 0.15) is 29.8 Å². The number of aromatic hydroxyl groups is 2. The predicted molar refractivity (Wildman–Crippen MR) is 66.5 cm³/mol. The zero-order valence-corrected chi connectivity index (χ0v) is 10.7. The second kappa shape index (κ2) is 3.76. The van der Waals surface area contributed by atoms with Crippen LogP contribution in [0, 0.1) is 0 Å². The molecule has 0 unspecified atom stereocenters. The van der Waals surface area contributed by atoms with Crippen molar-refractivity contribution < 1.29 is 19.7 Å². The van der Waals surface area contributed by atoms with Crippen molar-refractivity contribution >= 4 is 5.91 Å². The highest BCUT2D eigenvalue weighted by molar-refractivity contribution is 5.96. The Balaban J connectivity index is 1.87. The number of rotatable bonds is 0. The molecule has 0 aromatic carbocycles. The van der Waals surface area contributed by atoms with Gasteiger partial charge in [-0.3, -0.25) is 9.59 Å². The van der Waals surface area contributed by atoms with Crippen molar-refractivity contribution in [3.05, 3.63) is 22.1 Å². The molecular weight excluding hydrogens is 264 g/mol. The molecule has 1 saturated heterocycles. The molecular formula is C13H14N2O5. The van der Waals surface area contributed by atoms with E-state index in [4.69, 9.17) is 4.74 Å². The standard InChI is InChI=1S/C13H14N2O5/c16-8-4-14-5-9-15(6-1-2-7(3-6)20-9)13(19)10(14)12(18)11(8)17/h4,6-7,9,16,18H,1-3,5H2/t6-,7+,9+/m0/s1. The van der Waals surface area contributed by atoms with Gasteiger partial charge < -0.3 is 24.4 Å². The maximum Gasteiger partial charge on any atom is 0.276 e. The molecule has 4 rings (SSSR count). The van der Waals surface area contributed by atoms with Gasteiger partial charge in [0.25, 0.3) is 11.3 Å². The normalized spacial score (nSPS) is 31.1. The average Bonchev–Trinajstić information content (AvgIpc) is 2.77. The fourth-order valence-electron chi connectivity index (χ4n) is 3.54. The van der Waals surface area contributed by atoms with Gasteiger partial charge in [0.2, 0.25) is 0 Å². The Morgan fingerprint density at radius 2 is 2.05 bits per heavy atom. The minimum absolute atomic E-state index is 0.0574. The lowest BCUT2D eigenvalue weighted by atomic mass is 10.1. The van der Waals surface area contributed by atoms with Gasteiger partial charge in [-0.05, 0) is 19.3 Å². The summed E-state index contributed by atoms with van der Waals surface area (Å²) in [4.78, 5) is 25.8. The number of fused-ring (bicyclic) bond motifs is 5. The highest BCUT2D eigenvalue weighted by Crippen LogP contribution is 2.38. The van der Waals surface area contributed by atoms with E-state index < -0.39 is 22.8 Å². The monoisotopic (exact) mass is 278 g/mol. The average molecular weight is 278 g/mol. The minimum atomic E-state index is -0.912. The molecule has 3 atom stereocenters. The lowest BCUT2D eigenvalue weighted by Gasteiger charge is -2.44. The van der Waals surface area contributed by atoms with E-state index in [1.165, 1.54) is 10.8 Å². The third-order valence-electron chi connectivity index (χ3n) is 4.44. The molecule has 7 heteroatoms. The fourth-order valence-corrected chi connectivity index (χ4v) is 3.54. The summed E-state index contributed by atoms with van der Waals surface area (Å²) in [6.07, 6.45) is 3.60. The van der Waals surface area contributed by atoms with E-state index >= 15 is 0 Å². The van der Waals surface area contributed by atoms with Crippen LogP contribution in [-0.2, 0) is 11.3 Å². The molecule has 2 N–H and O–H groups in total. The van der Waals surface area contributed by atoms with Crippen LogP contribution in [0.4, 0.5) is 0 Å². The van der Waals surface area contributed by atoms with Crippen molar-refractivity contribution in [2.24, 2.45) is 0 Å². The smallest absolute Gasteiger partial charge is 0.276 e. The molecule has 3 aliphatic rings. The van der Waals surface area contributed by atoms with E-state index in [2.05, 4.69) is 0 Å². The van der Waals surface area contributed by atoms with Gasteiger partial charge in [0, 0.05) is 6.04 Å². The number of hydrogen-bond donors (Lipinski definition) is 2. The first-order chi connectivity index (χ1) is 9.56. The van der Waals surface area contributed by atoms with Crippen molar-refractivity contribution in [3.63, 3.8) is 0 Å². The molecule has 2 bridgehead atoms. The first kappa shape index (κ1) is 11.8. The molecule has 2 fully saturated rings. The Morgan fingerprint density at radius 3 is 2.85 bits per heavy atom. The molecule has 1 aromatic heterocycles. The third kappa shape index (κ3) is 1.38. The predicted octanol–water partition coefficient (Wildman–Crippen LogP) is -0.00730. The molecule has 3 heterocycles. The van der Waals surface area contributed by atoms with Gasteiger partial charge >= 0.3 is 0 Å². The van der Waals surface area contributed by atoms with E-state index in [1.54, 1.807) is 4.90 Å². The number of pyridine rings is 1. The van der Waals surface area contributed by atoms with E-state index in [9.17, 15) is 19.8 Å². The molecule has 20 heavy (non-hydrogen) atoms. The van der Waals surface area contributed by atoms with E-state index in [1.807, 2.05) is 0 Å². The number of aromatic nitrogens is 1. The first-order valence-corrected chi connectivity index (χ1v) is 6.69. The molecule has 106 valence electrons. The zero-order chi connectivity index (χ0) is 14.0. The summed E-state index contributed by atoms with van der Waals surface area (Å²) in [5.41, 5.74) is -0.969. The molecule has 0 spiro atoms. The zero-order valence-electron chi connectivity index (χ0n) is 10.7. The van der Waals surface area contributed by atoms with E-state index in [0.717, 1.165) is 19.3 Å². The van der Waals surface area contributed by atoms with Crippen LogP contribution in [0.15, 0.2) is 11.0 Å². The highest BCUT2D eigenvalue weighted by Gasteiger charge is 2.47. The Bertz CT molecular complexity index is 667. The maximum absolute atomic E-state index is 12.6. The summed E-state index contributed by atoms with van der Waals surface area (Å²) in [5.74, 6) is -1.65. The van der Waals surface area contributed by atoms with Gasteiger partial charge in [-0.25, -0.2) is 0 Å². The SMILES string of the molecule is O=C1c2c(O)c(=O)c(O)cn2C[C@H]2O[C@@H]3CC[C@@H](C3)N12. The Hall–Kier alpha value is -2.02. The van der Waals surface area contributed by atoms with Crippen molar-refractivity contribution in [3.8, 4) is 11.5 Å². The van der Waals surface area contributed by atoms with E-state index in [-0.39, 0.29) is 24.1 Å². The number of hydrogen-bond acceptors (Lipinski definition) is 5. The van der Waals surface area contributed by atoms with Gasteiger partial charge in [0.05, 0.1) is 18.8 Å². The molecule has 1 aromatic rings. The second-order valence-electron chi connectivity index (χ2n) is 5.59. The van der Waals surface area contributed by atoms with Crippen LogP contribution < -0.4 is 5.43 Å². The number of nitrogens with zero attached hydrogens (tertiary/aromatic N) is 2. The van der Waals surface area contributed by atoms with Crippen molar-refractivity contribution in [1.29, 1.82) is 0 Å². The number of carbonyl (C=O) groups excluding carboxylic acids is 1. The topological polar surface area (TPSA) is 92.0 Å². The molecule has 0 radical (unpaired) electrons. The second-order valence-corrected chi connectivity index (χ2v) is 5.59. The van der Waals surface area contributed by atoms with Crippen LogP contribution in [0.5, 0.6) is 11.5 Å². The minimum Gasteiger partial charge on any atom is -0.503 e. The molecule has 1 aliphatic carbocycles. The van der Waals surface area contributed by atoms with Crippen LogP contribution in [-0.4, -0.2) is 44.0 Å². The Kier molecular flexibility index (Phi) is 2.21. The van der Waals surface area contributed by atoms with Crippen LogP contribution in [0.3, 0.4) is 0 Å². The third-order valence-corrected chi connectivity index (χ3v) is 4.44.